The molecule has 0 bridgehead atoms. The van der Waals surface area contributed by atoms with Crippen molar-refractivity contribution in [2.24, 2.45) is 5.41 Å². The summed E-state index contributed by atoms with van der Waals surface area (Å²) in [6.07, 6.45) is 0. The first-order valence-electron chi connectivity index (χ1n) is 9.61. The molecule has 6 nitrogen and oxygen atoms in total. The molecule has 30 heavy (non-hydrogen) atoms. The monoisotopic (exact) mass is 423 g/mol. The van der Waals surface area contributed by atoms with Crippen LogP contribution in [0.1, 0.15) is 42.3 Å². The number of thioether (sulfide) groups is 1. The number of benzene rings is 2. The number of hydrogen-bond donors (Lipinski definition) is 1. The van der Waals surface area contributed by atoms with Crippen LogP contribution >= 0.6 is 11.8 Å². The lowest BCUT2D eigenvalue weighted by Crippen LogP contribution is -2.27. The van der Waals surface area contributed by atoms with Gasteiger partial charge in [-0.1, -0.05) is 49.7 Å². The molecule has 0 saturated heterocycles. The minimum Gasteiger partial charge on any atom is -0.411 e. The molecule has 0 atom stereocenters. The average Bonchev–Trinajstić information content (AvgIpc) is 3.14. The predicted molar refractivity (Wildman–Crippen MR) is 119 cm³/mol. The summed E-state index contributed by atoms with van der Waals surface area (Å²) in [7, 11) is 0. The Balaban J connectivity index is 1.59. The van der Waals surface area contributed by atoms with Gasteiger partial charge in [0.2, 0.25) is 11.8 Å². The van der Waals surface area contributed by atoms with Crippen molar-refractivity contribution in [1.82, 2.24) is 10.2 Å². The topological polar surface area (TPSA) is 85.1 Å². The van der Waals surface area contributed by atoms with Gasteiger partial charge in [0.15, 0.2) is 5.78 Å². The number of aromatic nitrogens is 2. The Kier molecular flexibility index (Phi) is 6.41. The van der Waals surface area contributed by atoms with Crippen molar-refractivity contribution in [3.8, 4) is 11.5 Å². The van der Waals surface area contributed by atoms with Crippen molar-refractivity contribution in [3.63, 3.8) is 0 Å². The molecule has 2 aromatic carbocycles. The molecule has 156 valence electrons. The number of Topliss-reactive ketones (excluding diaryl/α,β-unsaturated/α-hetero) is 1. The number of amides is 1. The van der Waals surface area contributed by atoms with E-state index in [1.807, 2.05) is 46.8 Å². The quantitative estimate of drug-likeness (QED) is 0.427. The maximum atomic E-state index is 12.5. The lowest BCUT2D eigenvalue weighted by atomic mass is 9.95. The van der Waals surface area contributed by atoms with Crippen LogP contribution in [0, 0.1) is 19.3 Å². The van der Waals surface area contributed by atoms with E-state index in [1.54, 1.807) is 24.3 Å². The molecule has 7 heteroatoms. The maximum Gasteiger partial charge on any atom is 0.277 e. The number of ketones is 1. The van der Waals surface area contributed by atoms with Gasteiger partial charge < -0.3 is 9.73 Å². The summed E-state index contributed by atoms with van der Waals surface area (Å²) in [5.41, 5.74) is 3.85. The number of carbonyl (C=O) groups is 2. The number of hydrogen-bond acceptors (Lipinski definition) is 6. The number of nitrogens with zero attached hydrogens (tertiary/aromatic N) is 2. The highest BCUT2D eigenvalue weighted by molar-refractivity contribution is 7.99. The van der Waals surface area contributed by atoms with Gasteiger partial charge in [0, 0.05) is 22.2 Å². The summed E-state index contributed by atoms with van der Waals surface area (Å²) in [5.74, 6) is 0.492. The third-order valence-electron chi connectivity index (χ3n) is 4.35. The molecule has 0 aliphatic heterocycles. The average molecular weight is 424 g/mol. The molecule has 1 aromatic heterocycles. The normalized spacial score (nSPS) is 11.4. The highest BCUT2D eigenvalue weighted by Gasteiger charge is 2.21. The van der Waals surface area contributed by atoms with Crippen LogP contribution in [0.15, 0.2) is 52.1 Å². The maximum absolute atomic E-state index is 12.5. The molecule has 0 saturated carbocycles. The van der Waals surface area contributed by atoms with Gasteiger partial charge in [0.25, 0.3) is 5.22 Å². The molecule has 0 spiro atoms. The van der Waals surface area contributed by atoms with E-state index in [2.05, 4.69) is 21.6 Å². The Morgan fingerprint density at radius 1 is 1.00 bits per heavy atom. The van der Waals surface area contributed by atoms with E-state index in [0.717, 1.165) is 16.7 Å². The molecular weight excluding hydrogens is 398 g/mol. The van der Waals surface area contributed by atoms with Crippen molar-refractivity contribution in [3.05, 3.63) is 59.2 Å². The molecule has 0 radical (unpaired) electrons. The number of rotatable bonds is 6. The lowest BCUT2D eigenvalue weighted by molar-refractivity contribution is -0.123. The predicted octanol–water partition coefficient (Wildman–Crippen LogP) is 5.31. The van der Waals surface area contributed by atoms with Gasteiger partial charge in [0.1, 0.15) is 0 Å². The van der Waals surface area contributed by atoms with Gasteiger partial charge in [-0.25, -0.2) is 0 Å². The van der Waals surface area contributed by atoms with Crippen LogP contribution in [0.5, 0.6) is 0 Å². The van der Waals surface area contributed by atoms with Gasteiger partial charge in [-0.15, -0.1) is 10.2 Å². The van der Waals surface area contributed by atoms with E-state index >= 15 is 0 Å². The molecule has 0 aliphatic rings. The van der Waals surface area contributed by atoms with E-state index in [9.17, 15) is 9.59 Å². The lowest BCUT2D eigenvalue weighted by Gasteiger charge is -2.17. The van der Waals surface area contributed by atoms with Crippen LogP contribution in [0.25, 0.3) is 11.5 Å². The van der Waals surface area contributed by atoms with E-state index in [1.165, 1.54) is 11.8 Å². The van der Waals surface area contributed by atoms with Crippen LogP contribution in [-0.4, -0.2) is 27.6 Å². The molecule has 0 aliphatic carbocycles. The van der Waals surface area contributed by atoms with E-state index < -0.39 is 5.41 Å². The van der Waals surface area contributed by atoms with Gasteiger partial charge in [0.05, 0.1) is 5.75 Å². The minimum absolute atomic E-state index is 0.0557. The molecule has 3 rings (SSSR count). The van der Waals surface area contributed by atoms with Crippen LogP contribution in [0.2, 0.25) is 0 Å². The largest absolute Gasteiger partial charge is 0.411 e. The Bertz CT molecular complexity index is 1050. The highest BCUT2D eigenvalue weighted by atomic mass is 32.2. The molecule has 3 aromatic rings. The minimum atomic E-state index is -0.481. The summed E-state index contributed by atoms with van der Waals surface area (Å²) in [4.78, 5) is 24.5. The fourth-order valence-electron chi connectivity index (χ4n) is 2.75. The second-order valence-corrected chi connectivity index (χ2v) is 9.17. The molecular formula is C23H25N3O3S. The Morgan fingerprint density at radius 3 is 2.23 bits per heavy atom. The third-order valence-corrected chi connectivity index (χ3v) is 5.17. The van der Waals surface area contributed by atoms with Gasteiger partial charge in [-0.2, -0.15) is 0 Å². The second kappa shape index (κ2) is 8.83. The van der Waals surface area contributed by atoms with Crippen molar-refractivity contribution in [2.45, 2.75) is 39.8 Å². The van der Waals surface area contributed by atoms with E-state index in [-0.39, 0.29) is 17.4 Å². The zero-order valence-electron chi connectivity index (χ0n) is 17.8. The van der Waals surface area contributed by atoms with Crippen molar-refractivity contribution in [1.29, 1.82) is 0 Å². The van der Waals surface area contributed by atoms with Crippen molar-refractivity contribution < 1.29 is 14.0 Å². The zero-order chi connectivity index (χ0) is 21.9. The molecule has 1 amide bonds. The molecule has 1 heterocycles. The Hall–Kier alpha value is -2.93. The zero-order valence-corrected chi connectivity index (χ0v) is 18.6. The first kappa shape index (κ1) is 21.8. The number of aryl methyl sites for hydroxylation is 2. The smallest absolute Gasteiger partial charge is 0.277 e. The first-order chi connectivity index (χ1) is 14.1. The molecule has 1 N–H and O–H groups in total. The summed E-state index contributed by atoms with van der Waals surface area (Å²) in [6, 6.07) is 12.9. The highest BCUT2D eigenvalue weighted by Crippen LogP contribution is 2.25. The molecule has 0 fully saturated rings. The van der Waals surface area contributed by atoms with Crippen molar-refractivity contribution >= 4 is 29.1 Å². The first-order valence-corrected chi connectivity index (χ1v) is 10.6. The van der Waals surface area contributed by atoms with E-state index in [4.69, 9.17) is 4.42 Å². The van der Waals surface area contributed by atoms with Gasteiger partial charge in [-0.05, 0) is 50.2 Å². The van der Waals surface area contributed by atoms with Crippen LogP contribution < -0.4 is 5.32 Å². The Labute approximate surface area is 180 Å². The second-order valence-electron chi connectivity index (χ2n) is 8.24. The van der Waals surface area contributed by atoms with E-state index in [0.29, 0.717) is 22.4 Å². The fourth-order valence-corrected chi connectivity index (χ4v) is 3.41. The van der Waals surface area contributed by atoms with Gasteiger partial charge >= 0.3 is 0 Å². The summed E-state index contributed by atoms with van der Waals surface area (Å²) in [5, 5.41) is 11.3. The number of anilines is 1. The number of nitrogens with one attached hydrogen (secondary N) is 1. The Morgan fingerprint density at radius 2 is 1.63 bits per heavy atom. The summed E-state index contributed by atoms with van der Waals surface area (Å²) >= 11 is 1.21. The van der Waals surface area contributed by atoms with Crippen LogP contribution in [0.4, 0.5) is 5.69 Å². The summed E-state index contributed by atoms with van der Waals surface area (Å²) < 4.78 is 5.70. The van der Waals surface area contributed by atoms with Crippen LogP contribution in [0.3, 0.4) is 0 Å². The molecule has 0 unspecified atom stereocenters. The fraction of sp³-hybridized carbons (Fsp3) is 0.304. The number of carbonyl (C=O) groups excluding carboxylic acids is 2. The van der Waals surface area contributed by atoms with Crippen molar-refractivity contribution in [2.75, 3.05) is 11.1 Å². The van der Waals surface area contributed by atoms with Gasteiger partial charge in [-0.3, -0.25) is 9.59 Å². The third kappa shape index (κ3) is 5.57. The van der Waals surface area contributed by atoms with Crippen LogP contribution in [-0.2, 0) is 4.79 Å². The standard InChI is InChI=1S/C23H25N3O3S/c1-14-10-15(2)12-17(11-14)20-25-26-22(29-20)30-13-19(27)16-6-8-18(9-7-16)24-21(28)23(3,4)5/h6-12H,13H2,1-5H3,(H,24,28). The SMILES string of the molecule is Cc1cc(C)cc(-c2nnc(SCC(=O)c3ccc(NC(=O)C(C)(C)C)cc3)o2)c1. The summed E-state index contributed by atoms with van der Waals surface area (Å²) in [6.45, 7) is 9.57.